The molecule has 64 heavy (non-hydrogen) atoms. The lowest BCUT2D eigenvalue weighted by molar-refractivity contribution is 0.982. The number of rotatable bonds is 5. The summed E-state index contributed by atoms with van der Waals surface area (Å²) in [6, 6.07) is 82.2. The summed E-state index contributed by atoms with van der Waals surface area (Å²) in [6.45, 7) is 0.750. The molecule has 0 saturated heterocycles. The Labute approximate surface area is 371 Å². The van der Waals surface area contributed by atoms with Gasteiger partial charge in [0.25, 0.3) is 0 Å². The predicted molar refractivity (Wildman–Crippen MR) is 270 cm³/mol. The maximum Gasteiger partial charge on any atom is 0.0998 e. The molecule has 0 spiro atoms. The second kappa shape index (κ2) is 14.3. The molecule has 0 fully saturated rings. The van der Waals surface area contributed by atoms with Crippen LogP contribution in [0.25, 0.3) is 109 Å². The van der Waals surface area contributed by atoms with Gasteiger partial charge in [0.1, 0.15) is 0 Å². The van der Waals surface area contributed by atoms with Crippen LogP contribution in [0.1, 0.15) is 11.1 Å². The summed E-state index contributed by atoms with van der Waals surface area (Å²) >= 11 is 0. The monoisotopic (exact) mass is 810 g/mol. The van der Waals surface area contributed by atoms with Crippen LogP contribution in [0.4, 0.5) is 11.4 Å². The zero-order valence-electron chi connectivity index (χ0n) is 34.9. The topological polar surface area (TPSA) is 27.0 Å². The molecule has 0 N–H and O–H groups in total. The van der Waals surface area contributed by atoms with Crippen molar-refractivity contribution in [1.82, 2.24) is 0 Å². The van der Waals surface area contributed by atoms with Crippen molar-refractivity contribution in [2.24, 2.45) is 0 Å². The normalized spacial score (nSPS) is 12.3. The third-order valence-electron chi connectivity index (χ3n) is 13.7. The van der Waals surface area contributed by atoms with Crippen molar-refractivity contribution in [3.05, 3.63) is 230 Å². The zero-order valence-corrected chi connectivity index (χ0v) is 34.9. The van der Waals surface area contributed by atoms with E-state index in [0.29, 0.717) is 5.56 Å². The van der Waals surface area contributed by atoms with Crippen molar-refractivity contribution in [3.63, 3.8) is 0 Å². The Bertz CT molecular complexity index is 3920. The summed E-state index contributed by atoms with van der Waals surface area (Å²) in [4.78, 5) is 2.41. The molecular weight excluding hydrogens is 773 g/mol. The van der Waals surface area contributed by atoms with Crippen LogP contribution < -0.4 is 4.90 Å². The highest BCUT2D eigenvalue weighted by Crippen LogP contribution is 2.49. The Kier molecular flexibility index (Phi) is 8.07. The summed E-state index contributed by atoms with van der Waals surface area (Å²) in [5.41, 5.74) is 14.0. The Morgan fingerprint density at radius 2 is 0.906 bits per heavy atom. The first kappa shape index (κ1) is 36.2. The first-order valence-electron chi connectivity index (χ1n) is 22.0. The molecule has 0 atom stereocenters. The fourth-order valence-corrected chi connectivity index (χ4v) is 10.8. The number of nitrogens with zero attached hydrogens (tertiary/aromatic N) is 2. The van der Waals surface area contributed by atoms with Crippen LogP contribution in [0, 0.1) is 11.3 Å². The molecule has 2 heteroatoms. The SMILES string of the molecule is N#Cc1ccc2c3c1ccc1c(-c4ccc(-c5ccc6c(-c7cccc8ccccc78)c7ccccc7c(-c7cccc8ccccc78)c6c5)cc4)ccc(c13)N(c1ccccc1)C2. The highest BCUT2D eigenvalue weighted by Gasteiger charge is 2.25. The van der Waals surface area contributed by atoms with E-state index in [9.17, 15) is 5.26 Å². The summed E-state index contributed by atoms with van der Waals surface area (Å²) in [5, 5.41) is 24.7. The highest BCUT2D eigenvalue weighted by atomic mass is 15.1. The van der Waals surface area contributed by atoms with Crippen LogP contribution >= 0.6 is 0 Å². The second-order valence-corrected chi connectivity index (χ2v) is 17.0. The van der Waals surface area contributed by atoms with Gasteiger partial charge in [0.05, 0.1) is 11.6 Å². The summed E-state index contributed by atoms with van der Waals surface area (Å²) < 4.78 is 0. The molecule has 0 radical (unpaired) electrons. The molecule has 0 bridgehead atoms. The molecule has 2 nitrogen and oxygen atoms in total. The number of anilines is 2. The fraction of sp³-hybridized carbons (Fsp3) is 0.0161. The number of nitriles is 1. The molecule has 0 saturated carbocycles. The van der Waals surface area contributed by atoms with Crippen molar-refractivity contribution >= 4 is 76.0 Å². The zero-order chi connectivity index (χ0) is 42.3. The highest BCUT2D eigenvalue weighted by molar-refractivity contribution is 6.26. The van der Waals surface area contributed by atoms with Crippen LogP contribution in [0.15, 0.2) is 218 Å². The minimum Gasteiger partial charge on any atom is -0.336 e. The Morgan fingerprint density at radius 3 is 1.59 bits per heavy atom. The van der Waals surface area contributed by atoms with E-state index in [1.807, 2.05) is 6.07 Å². The Morgan fingerprint density at radius 1 is 0.359 bits per heavy atom. The number of fused-ring (bicyclic) bond motifs is 4. The number of benzene rings is 12. The average molecular weight is 811 g/mol. The van der Waals surface area contributed by atoms with E-state index in [-0.39, 0.29) is 0 Å². The van der Waals surface area contributed by atoms with Crippen LogP contribution in [0.3, 0.4) is 0 Å². The van der Waals surface area contributed by atoms with Crippen LogP contribution in [-0.4, -0.2) is 0 Å². The van der Waals surface area contributed by atoms with Crippen LogP contribution in [0.2, 0.25) is 0 Å². The van der Waals surface area contributed by atoms with E-state index in [4.69, 9.17) is 0 Å². The van der Waals surface area contributed by atoms with E-state index in [1.165, 1.54) is 104 Å². The second-order valence-electron chi connectivity index (χ2n) is 17.0. The predicted octanol–water partition coefficient (Wildman–Crippen LogP) is 16.8. The van der Waals surface area contributed by atoms with Gasteiger partial charge >= 0.3 is 0 Å². The van der Waals surface area contributed by atoms with Gasteiger partial charge in [-0.1, -0.05) is 188 Å². The van der Waals surface area contributed by atoms with Gasteiger partial charge in [0.15, 0.2) is 0 Å². The minimum atomic E-state index is 0.714. The lowest BCUT2D eigenvalue weighted by Gasteiger charge is -2.32. The summed E-state index contributed by atoms with van der Waals surface area (Å²) in [6.07, 6.45) is 0. The maximum atomic E-state index is 10.1. The van der Waals surface area contributed by atoms with Crippen LogP contribution in [0.5, 0.6) is 0 Å². The molecule has 0 unspecified atom stereocenters. The van der Waals surface area contributed by atoms with Crippen molar-refractivity contribution < 1.29 is 0 Å². The van der Waals surface area contributed by atoms with Gasteiger partial charge in [0, 0.05) is 28.7 Å². The molecule has 0 amide bonds. The molecule has 1 aliphatic heterocycles. The third-order valence-corrected chi connectivity index (χ3v) is 13.7. The summed E-state index contributed by atoms with van der Waals surface area (Å²) in [7, 11) is 0. The first-order valence-corrected chi connectivity index (χ1v) is 22.0. The molecule has 1 heterocycles. The van der Waals surface area contributed by atoms with E-state index in [2.05, 4.69) is 223 Å². The van der Waals surface area contributed by atoms with Gasteiger partial charge < -0.3 is 4.90 Å². The third kappa shape index (κ3) is 5.45. The smallest absolute Gasteiger partial charge is 0.0998 e. The van der Waals surface area contributed by atoms with E-state index in [1.54, 1.807) is 0 Å². The quantitative estimate of drug-likeness (QED) is 0.128. The number of hydrogen-bond donors (Lipinski definition) is 0. The maximum absolute atomic E-state index is 10.1. The fourth-order valence-electron chi connectivity index (χ4n) is 10.8. The van der Waals surface area contributed by atoms with Gasteiger partial charge in [-0.3, -0.25) is 0 Å². The standard InChI is InChI=1S/C62H38N2/c63-37-44-28-29-45-38-64(46-16-2-1-3-17-46)58-35-34-49(55-33-32-50(44)59(45)62(55)58)42-26-24-39(25-27-42)43-30-31-56-57(36-43)61(52-23-11-15-41-13-5-7-19-48(41)52)54-21-9-8-20-53(54)60(56)51-22-10-14-40-12-4-6-18-47(40)51/h1-36H,38H2. The van der Waals surface area contributed by atoms with Gasteiger partial charge in [-0.05, 0) is 134 Å². The molecule has 296 valence electrons. The van der Waals surface area contributed by atoms with Gasteiger partial charge in [0.2, 0.25) is 0 Å². The molecular formula is C62H38N2. The van der Waals surface area contributed by atoms with E-state index < -0.39 is 0 Å². The van der Waals surface area contributed by atoms with E-state index in [0.717, 1.165) is 28.7 Å². The van der Waals surface area contributed by atoms with Gasteiger partial charge in [-0.2, -0.15) is 5.26 Å². The minimum absolute atomic E-state index is 0.714. The van der Waals surface area contributed by atoms with E-state index >= 15 is 0 Å². The number of hydrogen-bond acceptors (Lipinski definition) is 2. The lowest BCUT2D eigenvalue weighted by atomic mass is 9.83. The molecule has 12 aromatic rings. The Balaban J connectivity index is 1.01. The largest absolute Gasteiger partial charge is 0.336 e. The first-order chi connectivity index (χ1) is 31.7. The van der Waals surface area contributed by atoms with Crippen molar-refractivity contribution in [1.29, 1.82) is 5.26 Å². The molecule has 1 aliphatic rings. The molecule has 0 aromatic heterocycles. The Hall–Kier alpha value is -8.51. The molecule has 13 rings (SSSR count). The average Bonchev–Trinajstić information content (AvgIpc) is 3.37. The van der Waals surface area contributed by atoms with Crippen molar-refractivity contribution in [2.45, 2.75) is 6.54 Å². The van der Waals surface area contributed by atoms with Crippen molar-refractivity contribution in [2.75, 3.05) is 4.90 Å². The van der Waals surface area contributed by atoms with Crippen LogP contribution in [-0.2, 0) is 6.54 Å². The molecule has 12 aromatic carbocycles. The summed E-state index contributed by atoms with van der Waals surface area (Å²) in [5.74, 6) is 0. The molecule has 0 aliphatic carbocycles. The van der Waals surface area contributed by atoms with Crippen molar-refractivity contribution in [3.8, 4) is 50.6 Å². The number of para-hydroxylation sites is 1. The lowest BCUT2D eigenvalue weighted by Crippen LogP contribution is -2.20. The van der Waals surface area contributed by atoms with Gasteiger partial charge in [-0.25, -0.2) is 0 Å². The van der Waals surface area contributed by atoms with Gasteiger partial charge in [-0.15, -0.1) is 0 Å².